The van der Waals surface area contributed by atoms with Gasteiger partial charge in [-0.15, -0.1) is 0 Å². The standard InChI is InChI=1S/C12H20N4O4S/c1-8(12(2,3)4)15-21(19,20)9-5-6-11(16(17)18)10(7-9)14-13/h5-8,14-15H,13H2,1-4H3. The number of nitrogens with one attached hydrogen (secondary N) is 2. The normalized spacial score (nSPS) is 13.8. The Morgan fingerprint density at radius 1 is 1.33 bits per heavy atom. The molecule has 0 aliphatic heterocycles. The molecule has 118 valence electrons. The summed E-state index contributed by atoms with van der Waals surface area (Å²) in [5.41, 5.74) is 1.52. The van der Waals surface area contributed by atoms with Gasteiger partial charge in [0.15, 0.2) is 0 Å². The molecule has 0 aliphatic carbocycles. The molecule has 1 aromatic carbocycles. The van der Waals surface area contributed by atoms with Gasteiger partial charge in [0.1, 0.15) is 5.69 Å². The quantitative estimate of drug-likeness (QED) is 0.430. The number of anilines is 1. The Hall–Kier alpha value is -1.71. The van der Waals surface area contributed by atoms with E-state index in [1.54, 1.807) is 6.92 Å². The lowest BCUT2D eigenvalue weighted by Gasteiger charge is -2.27. The first-order chi connectivity index (χ1) is 9.49. The number of nitrogens with zero attached hydrogens (tertiary/aromatic N) is 1. The number of hydrazine groups is 1. The molecule has 1 rings (SSSR count). The second kappa shape index (κ2) is 5.96. The molecule has 0 saturated carbocycles. The number of nitrogen functional groups attached to an aromatic ring is 1. The Kier molecular flexibility index (Phi) is 4.92. The monoisotopic (exact) mass is 316 g/mol. The van der Waals surface area contributed by atoms with Crippen LogP contribution < -0.4 is 16.0 Å². The summed E-state index contributed by atoms with van der Waals surface area (Å²) in [5.74, 6) is 5.20. The van der Waals surface area contributed by atoms with Crippen LogP contribution in [-0.4, -0.2) is 19.4 Å². The van der Waals surface area contributed by atoms with Crippen molar-refractivity contribution in [2.24, 2.45) is 11.3 Å². The van der Waals surface area contributed by atoms with Gasteiger partial charge in [0, 0.05) is 12.1 Å². The van der Waals surface area contributed by atoms with Crippen molar-refractivity contribution in [3.8, 4) is 0 Å². The molecule has 0 bridgehead atoms. The first-order valence-electron chi connectivity index (χ1n) is 6.26. The summed E-state index contributed by atoms with van der Waals surface area (Å²) < 4.78 is 27.1. The Morgan fingerprint density at radius 3 is 2.33 bits per heavy atom. The van der Waals surface area contributed by atoms with Crippen LogP contribution >= 0.6 is 0 Å². The fourth-order valence-corrected chi connectivity index (χ4v) is 2.91. The molecule has 21 heavy (non-hydrogen) atoms. The average Bonchev–Trinajstić information content (AvgIpc) is 2.36. The van der Waals surface area contributed by atoms with Crippen LogP contribution in [0.25, 0.3) is 0 Å². The third-order valence-electron chi connectivity index (χ3n) is 3.26. The van der Waals surface area contributed by atoms with Gasteiger partial charge < -0.3 is 5.43 Å². The van der Waals surface area contributed by atoms with Crippen LogP contribution in [0.15, 0.2) is 23.1 Å². The molecule has 9 heteroatoms. The number of nitrogens with two attached hydrogens (primary N) is 1. The van der Waals surface area contributed by atoms with Crippen molar-refractivity contribution in [2.45, 2.75) is 38.6 Å². The second-order valence-electron chi connectivity index (χ2n) is 5.79. The van der Waals surface area contributed by atoms with Crippen molar-refractivity contribution >= 4 is 21.4 Å². The van der Waals surface area contributed by atoms with Gasteiger partial charge in [-0.05, 0) is 24.5 Å². The highest BCUT2D eigenvalue weighted by molar-refractivity contribution is 7.89. The van der Waals surface area contributed by atoms with Crippen LogP contribution in [0.1, 0.15) is 27.7 Å². The van der Waals surface area contributed by atoms with E-state index in [-0.39, 0.29) is 27.7 Å². The van der Waals surface area contributed by atoms with Crippen LogP contribution in [0.5, 0.6) is 0 Å². The van der Waals surface area contributed by atoms with Crippen LogP contribution in [0, 0.1) is 15.5 Å². The first-order valence-corrected chi connectivity index (χ1v) is 7.74. The molecule has 0 radical (unpaired) electrons. The highest BCUT2D eigenvalue weighted by atomic mass is 32.2. The summed E-state index contributed by atoms with van der Waals surface area (Å²) in [6.45, 7) is 7.47. The first kappa shape index (κ1) is 17.3. The van der Waals surface area contributed by atoms with E-state index in [2.05, 4.69) is 10.1 Å². The van der Waals surface area contributed by atoms with Gasteiger partial charge in [0.05, 0.1) is 9.82 Å². The number of sulfonamides is 1. The molecular formula is C12H20N4O4S. The van der Waals surface area contributed by atoms with Crippen LogP contribution in [-0.2, 0) is 10.0 Å². The molecule has 0 fully saturated rings. The van der Waals surface area contributed by atoms with Gasteiger partial charge in [-0.25, -0.2) is 13.1 Å². The fourth-order valence-electron chi connectivity index (χ4n) is 1.43. The molecule has 0 amide bonds. The predicted octanol–water partition coefficient (Wildman–Crippen LogP) is 1.59. The van der Waals surface area contributed by atoms with E-state index in [0.29, 0.717) is 0 Å². The Morgan fingerprint density at radius 2 is 1.90 bits per heavy atom. The van der Waals surface area contributed by atoms with Gasteiger partial charge in [-0.2, -0.15) is 0 Å². The van der Waals surface area contributed by atoms with Crippen LogP contribution in [0.3, 0.4) is 0 Å². The molecule has 0 spiro atoms. The van der Waals surface area contributed by atoms with Gasteiger partial charge in [0.25, 0.3) is 5.69 Å². The zero-order valence-corrected chi connectivity index (χ0v) is 13.2. The van der Waals surface area contributed by atoms with Crippen molar-refractivity contribution in [1.29, 1.82) is 0 Å². The third kappa shape index (κ3) is 4.13. The van der Waals surface area contributed by atoms with E-state index in [9.17, 15) is 18.5 Å². The topological polar surface area (TPSA) is 127 Å². The van der Waals surface area contributed by atoms with Gasteiger partial charge >= 0.3 is 0 Å². The van der Waals surface area contributed by atoms with Crippen molar-refractivity contribution in [2.75, 3.05) is 5.43 Å². The Bertz CT molecular complexity index is 637. The van der Waals surface area contributed by atoms with Crippen LogP contribution in [0.2, 0.25) is 0 Å². The lowest BCUT2D eigenvalue weighted by molar-refractivity contribution is -0.384. The zero-order valence-electron chi connectivity index (χ0n) is 12.4. The number of hydrogen-bond acceptors (Lipinski definition) is 6. The van der Waals surface area contributed by atoms with E-state index >= 15 is 0 Å². The Labute approximate surface area is 123 Å². The van der Waals surface area contributed by atoms with Gasteiger partial charge in [-0.1, -0.05) is 20.8 Å². The molecule has 8 nitrogen and oxygen atoms in total. The summed E-state index contributed by atoms with van der Waals surface area (Å²) in [6, 6.07) is 3.10. The number of rotatable bonds is 5. The number of benzene rings is 1. The summed E-state index contributed by atoms with van der Waals surface area (Å²) in [4.78, 5) is 10.1. The van der Waals surface area contributed by atoms with E-state index in [1.807, 2.05) is 20.8 Å². The van der Waals surface area contributed by atoms with E-state index < -0.39 is 14.9 Å². The zero-order chi connectivity index (χ0) is 16.4. The lowest BCUT2D eigenvalue weighted by Crippen LogP contribution is -2.41. The molecule has 0 aromatic heterocycles. The minimum Gasteiger partial charge on any atom is -0.318 e. The summed E-state index contributed by atoms with van der Waals surface area (Å²) in [6.07, 6.45) is 0. The van der Waals surface area contributed by atoms with Crippen molar-refractivity contribution in [1.82, 2.24) is 4.72 Å². The molecule has 1 atom stereocenters. The number of hydrogen-bond donors (Lipinski definition) is 3. The second-order valence-corrected chi connectivity index (χ2v) is 7.50. The summed E-state index contributed by atoms with van der Waals surface area (Å²) >= 11 is 0. The molecule has 1 aromatic rings. The number of nitro benzene ring substituents is 1. The minimum absolute atomic E-state index is 0.0636. The van der Waals surface area contributed by atoms with Crippen molar-refractivity contribution < 1.29 is 13.3 Å². The van der Waals surface area contributed by atoms with Crippen molar-refractivity contribution in [3.63, 3.8) is 0 Å². The SMILES string of the molecule is CC(NS(=O)(=O)c1ccc([N+](=O)[O-])c(NN)c1)C(C)(C)C. The molecule has 4 N–H and O–H groups in total. The minimum atomic E-state index is -3.79. The predicted molar refractivity (Wildman–Crippen MR) is 80.1 cm³/mol. The number of nitro groups is 1. The smallest absolute Gasteiger partial charge is 0.293 e. The van der Waals surface area contributed by atoms with Gasteiger partial charge in [0.2, 0.25) is 10.0 Å². The molecule has 0 saturated heterocycles. The fraction of sp³-hybridized carbons (Fsp3) is 0.500. The maximum Gasteiger partial charge on any atom is 0.293 e. The largest absolute Gasteiger partial charge is 0.318 e. The molecular weight excluding hydrogens is 296 g/mol. The van der Waals surface area contributed by atoms with E-state index in [0.717, 1.165) is 12.1 Å². The van der Waals surface area contributed by atoms with Gasteiger partial charge in [-0.3, -0.25) is 16.0 Å². The molecule has 1 unspecified atom stereocenters. The average molecular weight is 316 g/mol. The molecule has 0 aliphatic rings. The highest BCUT2D eigenvalue weighted by Crippen LogP contribution is 2.27. The highest BCUT2D eigenvalue weighted by Gasteiger charge is 2.27. The van der Waals surface area contributed by atoms with Crippen LogP contribution in [0.4, 0.5) is 11.4 Å². The van der Waals surface area contributed by atoms with E-state index in [4.69, 9.17) is 5.84 Å². The van der Waals surface area contributed by atoms with E-state index in [1.165, 1.54) is 6.07 Å². The summed E-state index contributed by atoms with van der Waals surface area (Å²) in [7, 11) is -3.79. The maximum atomic E-state index is 12.3. The van der Waals surface area contributed by atoms with Crippen molar-refractivity contribution in [3.05, 3.63) is 28.3 Å². The Balaban J connectivity index is 3.18. The third-order valence-corrected chi connectivity index (χ3v) is 4.80. The summed E-state index contributed by atoms with van der Waals surface area (Å²) in [5, 5.41) is 10.8. The molecule has 0 heterocycles. The lowest BCUT2D eigenvalue weighted by atomic mass is 9.89. The maximum absolute atomic E-state index is 12.3.